The van der Waals surface area contributed by atoms with E-state index < -0.39 is 0 Å². The van der Waals surface area contributed by atoms with E-state index >= 15 is 0 Å². The highest BCUT2D eigenvalue weighted by Crippen LogP contribution is 2.39. The molecule has 0 unspecified atom stereocenters. The standard InChI is InChI=1S/C16H22N6OS/c1-2-12-10-17-15(24-12)18-16(23)22-7-5-21(6-8-22)14-9-13(19-20-14)11-3-4-11/h9-11H,2-8H2,1H3,(H,19,20)(H,17,18,23). The summed E-state index contributed by atoms with van der Waals surface area (Å²) in [5, 5.41) is 11.2. The van der Waals surface area contributed by atoms with Crippen LogP contribution in [0, 0.1) is 0 Å². The van der Waals surface area contributed by atoms with Gasteiger partial charge in [-0.3, -0.25) is 10.4 Å². The first-order valence-electron chi connectivity index (χ1n) is 8.54. The summed E-state index contributed by atoms with van der Waals surface area (Å²) < 4.78 is 0. The van der Waals surface area contributed by atoms with Crippen LogP contribution in [0.15, 0.2) is 12.3 Å². The Bertz CT molecular complexity index is 714. The van der Waals surface area contributed by atoms with E-state index in [1.54, 1.807) is 0 Å². The summed E-state index contributed by atoms with van der Waals surface area (Å²) in [6, 6.07) is 2.10. The SMILES string of the molecule is CCc1cnc(NC(=O)N2CCN(c3cc(C4CC4)[nH]n3)CC2)s1. The number of carbonyl (C=O) groups is 1. The average Bonchev–Trinajstić information content (AvgIpc) is 3.17. The maximum absolute atomic E-state index is 12.4. The summed E-state index contributed by atoms with van der Waals surface area (Å²) in [6.45, 7) is 5.09. The van der Waals surface area contributed by atoms with Crippen LogP contribution in [0.2, 0.25) is 0 Å². The first-order chi connectivity index (χ1) is 11.7. The molecule has 2 fully saturated rings. The largest absolute Gasteiger partial charge is 0.352 e. The van der Waals surface area contributed by atoms with Crippen LogP contribution in [-0.2, 0) is 6.42 Å². The normalized spacial score (nSPS) is 18.0. The van der Waals surface area contributed by atoms with E-state index in [0.717, 1.165) is 25.3 Å². The molecular weight excluding hydrogens is 324 g/mol. The molecule has 1 aliphatic heterocycles. The van der Waals surface area contributed by atoms with Crippen molar-refractivity contribution in [2.24, 2.45) is 0 Å². The number of hydrogen-bond acceptors (Lipinski definition) is 5. The molecule has 0 radical (unpaired) electrons. The van der Waals surface area contributed by atoms with Crippen molar-refractivity contribution in [2.75, 3.05) is 36.4 Å². The molecule has 2 aromatic rings. The molecule has 1 aliphatic carbocycles. The number of nitrogens with zero attached hydrogens (tertiary/aromatic N) is 4. The predicted octanol–water partition coefficient (Wildman–Crippen LogP) is 2.66. The van der Waals surface area contributed by atoms with Crippen LogP contribution in [0.3, 0.4) is 0 Å². The molecule has 2 aromatic heterocycles. The van der Waals surface area contributed by atoms with Gasteiger partial charge in [0, 0.05) is 54.9 Å². The molecule has 0 atom stereocenters. The van der Waals surface area contributed by atoms with Gasteiger partial charge in [0.25, 0.3) is 0 Å². The van der Waals surface area contributed by atoms with Gasteiger partial charge in [0.2, 0.25) is 0 Å². The average molecular weight is 346 g/mol. The maximum atomic E-state index is 12.4. The Hall–Kier alpha value is -2.09. The van der Waals surface area contributed by atoms with Gasteiger partial charge >= 0.3 is 6.03 Å². The zero-order valence-electron chi connectivity index (χ0n) is 13.8. The van der Waals surface area contributed by atoms with Crippen molar-refractivity contribution < 1.29 is 4.79 Å². The molecule has 1 saturated heterocycles. The van der Waals surface area contributed by atoms with Crippen molar-refractivity contribution in [3.8, 4) is 0 Å². The third-order valence-corrected chi connectivity index (χ3v) is 5.67. The van der Waals surface area contributed by atoms with Crippen LogP contribution in [0.25, 0.3) is 0 Å². The summed E-state index contributed by atoms with van der Waals surface area (Å²) in [5.74, 6) is 1.69. The lowest BCUT2D eigenvalue weighted by Gasteiger charge is -2.34. The topological polar surface area (TPSA) is 77.2 Å². The molecule has 24 heavy (non-hydrogen) atoms. The third-order valence-electron chi connectivity index (χ3n) is 4.61. The Morgan fingerprint density at radius 2 is 2.17 bits per heavy atom. The van der Waals surface area contributed by atoms with Gasteiger partial charge in [0.05, 0.1) is 0 Å². The summed E-state index contributed by atoms with van der Waals surface area (Å²) >= 11 is 1.54. The number of rotatable bonds is 4. The highest BCUT2D eigenvalue weighted by atomic mass is 32.1. The van der Waals surface area contributed by atoms with Gasteiger partial charge in [-0.1, -0.05) is 6.92 Å². The van der Waals surface area contributed by atoms with Gasteiger partial charge in [-0.2, -0.15) is 5.10 Å². The molecule has 8 heteroatoms. The molecule has 2 aliphatic rings. The Morgan fingerprint density at radius 1 is 1.38 bits per heavy atom. The van der Waals surface area contributed by atoms with Crippen molar-refractivity contribution in [3.05, 3.63) is 22.8 Å². The third kappa shape index (κ3) is 3.24. The van der Waals surface area contributed by atoms with Crippen molar-refractivity contribution in [2.45, 2.75) is 32.1 Å². The highest BCUT2D eigenvalue weighted by Gasteiger charge is 2.28. The second kappa shape index (κ2) is 6.43. The van der Waals surface area contributed by atoms with Gasteiger partial charge in [-0.15, -0.1) is 11.3 Å². The molecule has 1 saturated carbocycles. The minimum absolute atomic E-state index is 0.0626. The number of carbonyl (C=O) groups excluding carboxylic acids is 1. The van der Waals surface area contributed by atoms with E-state index in [1.807, 2.05) is 11.1 Å². The summed E-state index contributed by atoms with van der Waals surface area (Å²) in [5.41, 5.74) is 1.25. The van der Waals surface area contributed by atoms with Crippen molar-refractivity contribution >= 4 is 28.3 Å². The van der Waals surface area contributed by atoms with Gasteiger partial charge in [-0.05, 0) is 19.3 Å². The fourth-order valence-electron chi connectivity index (χ4n) is 2.93. The first-order valence-corrected chi connectivity index (χ1v) is 9.35. The van der Waals surface area contributed by atoms with E-state index in [9.17, 15) is 4.79 Å². The number of aromatic amines is 1. The molecule has 0 aromatic carbocycles. The number of amides is 2. The van der Waals surface area contributed by atoms with E-state index in [2.05, 4.69) is 38.4 Å². The highest BCUT2D eigenvalue weighted by molar-refractivity contribution is 7.15. The Morgan fingerprint density at radius 3 is 2.83 bits per heavy atom. The van der Waals surface area contributed by atoms with Crippen LogP contribution < -0.4 is 10.2 Å². The number of aryl methyl sites for hydroxylation is 1. The zero-order valence-corrected chi connectivity index (χ0v) is 14.6. The fourth-order valence-corrected chi connectivity index (χ4v) is 3.67. The van der Waals surface area contributed by atoms with Crippen molar-refractivity contribution in [1.29, 1.82) is 0 Å². The number of hydrogen-bond donors (Lipinski definition) is 2. The second-order valence-corrected chi connectivity index (χ2v) is 7.46. The molecule has 2 amide bonds. The Kier molecular flexibility index (Phi) is 4.13. The minimum atomic E-state index is -0.0626. The van der Waals surface area contributed by atoms with E-state index in [0.29, 0.717) is 24.1 Å². The smallest absolute Gasteiger partial charge is 0.323 e. The Labute approximate surface area is 145 Å². The summed E-state index contributed by atoms with van der Waals surface area (Å²) in [6.07, 6.45) is 5.31. The van der Waals surface area contributed by atoms with E-state index in [-0.39, 0.29) is 6.03 Å². The Balaban J connectivity index is 1.30. The predicted molar refractivity (Wildman–Crippen MR) is 94.9 cm³/mol. The lowest BCUT2D eigenvalue weighted by atomic mass is 10.3. The number of anilines is 2. The number of piperazine rings is 1. The fraction of sp³-hybridized carbons (Fsp3) is 0.562. The number of thiazole rings is 1. The van der Waals surface area contributed by atoms with Crippen LogP contribution in [0.4, 0.5) is 15.7 Å². The van der Waals surface area contributed by atoms with Crippen molar-refractivity contribution in [1.82, 2.24) is 20.1 Å². The maximum Gasteiger partial charge on any atom is 0.323 e. The number of urea groups is 1. The first kappa shape index (κ1) is 15.4. The van der Waals surface area contributed by atoms with Gasteiger partial charge in [-0.25, -0.2) is 9.78 Å². The van der Waals surface area contributed by atoms with Crippen LogP contribution in [-0.4, -0.2) is 52.3 Å². The minimum Gasteiger partial charge on any atom is -0.352 e. The zero-order chi connectivity index (χ0) is 16.5. The number of aromatic nitrogens is 3. The van der Waals surface area contributed by atoms with Crippen LogP contribution in [0.1, 0.15) is 36.3 Å². The number of nitrogens with one attached hydrogen (secondary N) is 2. The molecule has 4 rings (SSSR count). The monoisotopic (exact) mass is 346 g/mol. The molecule has 2 N–H and O–H groups in total. The van der Waals surface area contributed by atoms with Gasteiger partial charge in [0.15, 0.2) is 10.9 Å². The molecule has 0 bridgehead atoms. The lowest BCUT2D eigenvalue weighted by Crippen LogP contribution is -2.50. The summed E-state index contributed by atoms with van der Waals surface area (Å²) in [4.78, 5) is 21.9. The lowest BCUT2D eigenvalue weighted by molar-refractivity contribution is 0.208. The molecule has 0 spiro atoms. The molecule has 7 nitrogen and oxygen atoms in total. The van der Waals surface area contributed by atoms with Gasteiger partial charge < -0.3 is 9.80 Å². The quantitative estimate of drug-likeness (QED) is 0.892. The molecular formula is C16H22N6OS. The van der Waals surface area contributed by atoms with Crippen molar-refractivity contribution in [3.63, 3.8) is 0 Å². The molecule has 3 heterocycles. The van der Waals surface area contributed by atoms with E-state index in [4.69, 9.17) is 0 Å². The van der Waals surface area contributed by atoms with E-state index in [1.165, 1.54) is 34.7 Å². The second-order valence-electron chi connectivity index (χ2n) is 6.35. The molecule has 128 valence electrons. The number of H-pyrrole nitrogens is 1. The summed E-state index contributed by atoms with van der Waals surface area (Å²) in [7, 11) is 0. The van der Waals surface area contributed by atoms with Crippen LogP contribution >= 0.6 is 11.3 Å². The van der Waals surface area contributed by atoms with Gasteiger partial charge in [0.1, 0.15) is 0 Å². The van der Waals surface area contributed by atoms with Crippen LogP contribution in [0.5, 0.6) is 0 Å².